The van der Waals surface area contributed by atoms with Gasteiger partial charge in [-0.05, 0) is 37.5 Å². The number of aliphatic hydroxyl groups excluding tert-OH is 1. The Hall–Kier alpha value is -1.94. The van der Waals surface area contributed by atoms with Gasteiger partial charge in [0.2, 0.25) is 0 Å². The molecule has 0 aromatic heterocycles. The minimum Gasteiger partial charge on any atom is -0.462 e. The van der Waals surface area contributed by atoms with Gasteiger partial charge >= 0.3 is 39.5 Å². The second-order valence-electron chi connectivity index (χ2n) is 24.2. The Kier molecular flexibility index (Phi) is 56.2. The molecular formula is C65H126O17P2. The summed E-state index contributed by atoms with van der Waals surface area (Å²) in [6.45, 7) is 9.47. The first-order valence-corrected chi connectivity index (χ1v) is 37.0. The van der Waals surface area contributed by atoms with Gasteiger partial charge in [-0.3, -0.25) is 37.3 Å². The van der Waals surface area contributed by atoms with Gasteiger partial charge in [-0.15, -0.1) is 0 Å². The van der Waals surface area contributed by atoms with E-state index in [1.165, 1.54) is 135 Å². The van der Waals surface area contributed by atoms with E-state index in [1.807, 2.05) is 0 Å². The Morgan fingerprint density at radius 3 is 0.905 bits per heavy atom. The normalized spacial score (nSPS) is 14.6. The maximum Gasteiger partial charge on any atom is 0.472 e. The summed E-state index contributed by atoms with van der Waals surface area (Å²) in [5, 5.41) is 10.5. The lowest BCUT2D eigenvalue weighted by atomic mass is 9.99. The molecule has 0 aromatic rings. The molecule has 498 valence electrons. The molecule has 3 N–H and O–H groups in total. The van der Waals surface area contributed by atoms with Crippen LogP contribution in [0.4, 0.5) is 0 Å². The van der Waals surface area contributed by atoms with Crippen LogP contribution in [0, 0.1) is 11.8 Å². The van der Waals surface area contributed by atoms with Crippen LogP contribution in [-0.2, 0) is 65.4 Å². The quantitative estimate of drug-likeness (QED) is 0.0222. The zero-order valence-electron chi connectivity index (χ0n) is 54.2. The third-order valence-corrected chi connectivity index (χ3v) is 17.2. The molecule has 19 heteroatoms. The third-order valence-electron chi connectivity index (χ3n) is 15.3. The van der Waals surface area contributed by atoms with Crippen molar-refractivity contribution in [2.45, 2.75) is 342 Å². The minimum absolute atomic E-state index is 0.105. The lowest BCUT2D eigenvalue weighted by Gasteiger charge is -2.21. The molecule has 0 amide bonds. The fraction of sp³-hybridized carbons (Fsp3) is 0.938. The van der Waals surface area contributed by atoms with E-state index in [0.717, 1.165) is 108 Å². The molecule has 0 bridgehead atoms. The molecule has 0 heterocycles. The fourth-order valence-electron chi connectivity index (χ4n) is 9.68. The van der Waals surface area contributed by atoms with Crippen molar-refractivity contribution in [2.75, 3.05) is 39.6 Å². The van der Waals surface area contributed by atoms with Gasteiger partial charge in [0.1, 0.15) is 19.3 Å². The molecule has 6 atom stereocenters. The van der Waals surface area contributed by atoms with Crippen molar-refractivity contribution in [1.82, 2.24) is 0 Å². The molecule has 0 saturated carbocycles. The molecule has 3 unspecified atom stereocenters. The zero-order valence-corrected chi connectivity index (χ0v) is 56.0. The van der Waals surface area contributed by atoms with E-state index < -0.39 is 97.5 Å². The van der Waals surface area contributed by atoms with E-state index in [0.29, 0.717) is 25.7 Å². The Morgan fingerprint density at radius 2 is 0.607 bits per heavy atom. The molecule has 0 radical (unpaired) electrons. The van der Waals surface area contributed by atoms with Gasteiger partial charge in [0, 0.05) is 25.7 Å². The van der Waals surface area contributed by atoms with Crippen molar-refractivity contribution in [2.24, 2.45) is 11.8 Å². The summed E-state index contributed by atoms with van der Waals surface area (Å²) in [6.07, 6.45) is 40.2. The van der Waals surface area contributed by atoms with Crippen LogP contribution < -0.4 is 0 Å². The van der Waals surface area contributed by atoms with Crippen molar-refractivity contribution in [3.8, 4) is 0 Å². The van der Waals surface area contributed by atoms with Gasteiger partial charge in [0.05, 0.1) is 26.4 Å². The smallest absolute Gasteiger partial charge is 0.462 e. The average Bonchev–Trinajstić information content (AvgIpc) is 3.57. The summed E-state index contributed by atoms with van der Waals surface area (Å²) in [5.74, 6) is -0.604. The molecule has 84 heavy (non-hydrogen) atoms. The number of esters is 4. The lowest BCUT2D eigenvalue weighted by molar-refractivity contribution is -0.161. The monoisotopic (exact) mass is 1240 g/mol. The number of phosphoric acid groups is 2. The summed E-state index contributed by atoms with van der Waals surface area (Å²) < 4.78 is 68.0. The van der Waals surface area contributed by atoms with E-state index in [4.69, 9.17) is 37.0 Å². The Bertz CT molecular complexity index is 1650. The predicted octanol–water partition coefficient (Wildman–Crippen LogP) is 18.0. The van der Waals surface area contributed by atoms with Crippen molar-refractivity contribution >= 4 is 39.5 Å². The number of phosphoric ester groups is 2. The van der Waals surface area contributed by atoms with Gasteiger partial charge in [-0.2, -0.15) is 0 Å². The molecule has 0 spiro atoms. The number of ether oxygens (including phenoxy) is 4. The number of hydrogen-bond acceptors (Lipinski definition) is 15. The van der Waals surface area contributed by atoms with Crippen molar-refractivity contribution in [1.29, 1.82) is 0 Å². The summed E-state index contributed by atoms with van der Waals surface area (Å²) in [4.78, 5) is 72.2. The first-order chi connectivity index (χ1) is 40.4. The molecule has 0 aromatic carbocycles. The van der Waals surface area contributed by atoms with Gasteiger partial charge < -0.3 is 33.8 Å². The second kappa shape index (κ2) is 57.5. The Balaban J connectivity index is 5.24. The van der Waals surface area contributed by atoms with Crippen molar-refractivity contribution < 1.29 is 80.2 Å². The first kappa shape index (κ1) is 82.1. The highest BCUT2D eigenvalue weighted by Gasteiger charge is 2.30. The van der Waals surface area contributed by atoms with Crippen LogP contribution in [0.1, 0.15) is 324 Å². The third kappa shape index (κ3) is 57.8. The highest BCUT2D eigenvalue weighted by molar-refractivity contribution is 7.47. The number of carbonyl (C=O) groups excluding carboxylic acids is 4. The Morgan fingerprint density at radius 1 is 0.345 bits per heavy atom. The number of aliphatic hydroxyl groups is 1. The van der Waals surface area contributed by atoms with E-state index in [-0.39, 0.29) is 25.7 Å². The number of hydrogen-bond donors (Lipinski definition) is 3. The highest BCUT2D eigenvalue weighted by atomic mass is 31.2. The maximum atomic E-state index is 13.0. The fourth-order valence-corrected chi connectivity index (χ4v) is 11.3. The standard InChI is InChI=1S/C65H126O17P2/c1-7-10-12-14-16-18-19-23-31-37-43-49-64(69)81-60(53-75-62(67)47-41-35-29-17-15-13-11-8-2)55-79-83(71,72)77-51-59(66)52-78-84(73,74)80-56-61(54-76-63(68)48-42-36-30-26-25-28-34-40-46-58(6)9-3)82-65(70)50-44-38-32-24-21-20-22-27-33-39-45-57(4)5/h57-61,66H,7-56H2,1-6H3,(H,71,72)(H,73,74)/t58?,59-,60+,61+/m0/s1. The zero-order chi connectivity index (χ0) is 62.2. The summed E-state index contributed by atoms with van der Waals surface area (Å²) in [5.41, 5.74) is 0. The molecular weight excluding hydrogens is 1110 g/mol. The average molecular weight is 1240 g/mol. The first-order valence-electron chi connectivity index (χ1n) is 34.0. The SMILES string of the molecule is CCCCCCCCCCCCCC(=O)O[C@H](COC(=O)CCCCCCCCCC)COP(=O)(O)OC[C@H](O)COP(=O)(O)OC[C@@H](COC(=O)CCCCCCCCCCC(C)CC)OC(=O)CCCCCCCCCCCCC(C)C. The maximum absolute atomic E-state index is 13.0. The van der Waals surface area contributed by atoms with Crippen LogP contribution in [-0.4, -0.2) is 96.7 Å². The number of rotatable bonds is 64. The summed E-state index contributed by atoms with van der Waals surface area (Å²) >= 11 is 0. The molecule has 0 aliphatic heterocycles. The molecule has 0 rings (SSSR count). The van der Waals surface area contributed by atoms with Gasteiger partial charge in [-0.25, -0.2) is 9.13 Å². The van der Waals surface area contributed by atoms with Crippen LogP contribution in [0.3, 0.4) is 0 Å². The largest absolute Gasteiger partial charge is 0.472 e. The van der Waals surface area contributed by atoms with Crippen LogP contribution in [0.2, 0.25) is 0 Å². The molecule has 0 aliphatic carbocycles. The number of unbranched alkanes of at least 4 members (excludes halogenated alkanes) is 33. The minimum atomic E-state index is -4.95. The summed E-state index contributed by atoms with van der Waals surface area (Å²) in [7, 11) is -9.89. The number of carbonyl (C=O) groups is 4. The van der Waals surface area contributed by atoms with Crippen LogP contribution in [0.5, 0.6) is 0 Å². The van der Waals surface area contributed by atoms with E-state index >= 15 is 0 Å². The van der Waals surface area contributed by atoms with Gasteiger partial charge in [0.25, 0.3) is 0 Å². The lowest BCUT2D eigenvalue weighted by Crippen LogP contribution is -2.30. The van der Waals surface area contributed by atoms with Crippen LogP contribution in [0.25, 0.3) is 0 Å². The molecule has 0 saturated heterocycles. The van der Waals surface area contributed by atoms with Gasteiger partial charge in [0.15, 0.2) is 12.2 Å². The topological polar surface area (TPSA) is 237 Å². The molecule has 0 fully saturated rings. The highest BCUT2D eigenvalue weighted by Crippen LogP contribution is 2.45. The van der Waals surface area contributed by atoms with E-state index in [9.17, 15) is 43.2 Å². The second-order valence-corrected chi connectivity index (χ2v) is 27.1. The predicted molar refractivity (Wildman–Crippen MR) is 335 cm³/mol. The van der Waals surface area contributed by atoms with Crippen molar-refractivity contribution in [3.63, 3.8) is 0 Å². The summed E-state index contributed by atoms with van der Waals surface area (Å²) in [6, 6.07) is 0. The van der Waals surface area contributed by atoms with Crippen LogP contribution >= 0.6 is 15.6 Å². The molecule has 17 nitrogen and oxygen atoms in total. The van der Waals surface area contributed by atoms with E-state index in [1.54, 1.807) is 0 Å². The van der Waals surface area contributed by atoms with Crippen molar-refractivity contribution in [3.05, 3.63) is 0 Å². The van der Waals surface area contributed by atoms with Gasteiger partial charge in [-0.1, -0.05) is 273 Å². The molecule has 0 aliphatic rings. The Labute approximate surface area is 511 Å². The van der Waals surface area contributed by atoms with Crippen LogP contribution in [0.15, 0.2) is 0 Å². The van der Waals surface area contributed by atoms with E-state index in [2.05, 4.69) is 41.5 Å².